The summed E-state index contributed by atoms with van der Waals surface area (Å²) >= 11 is 0. The number of aromatic nitrogens is 1. The van der Waals surface area contributed by atoms with Crippen molar-refractivity contribution >= 4 is 27.9 Å². The van der Waals surface area contributed by atoms with Crippen molar-refractivity contribution in [3.05, 3.63) is 54.4 Å². The van der Waals surface area contributed by atoms with E-state index in [9.17, 15) is 8.42 Å². The summed E-state index contributed by atoms with van der Waals surface area (Å²) in [6.45, 7) is 0. The average Bonchev–Trinajstić information content (AvgIpc) is 2.48. The van der Waals surface area contributed by atoms with Gasteiger partial charge >= 0.3 is 0 Å². The Morgan fingerprint density at radius 1 is 1.14 bits per heavy atom. The third-order valence-corrected chi connectivity index (χ3v) is 3.80. The standard InChI is InChI=1S/C13H14N6O2S/c14-11-1-3-12(4-2-11)22(20,21)19-13(15)18-17-9-10-5-7-16-8-6-10/h1-9H,14H2,(H3,15,18,19). The number of nitrogens with zero attached hydrogens (tertiary/aromatic N) is 3. The van der Waals surface area contributed by atoms with Crippen molar-refractivity contribution in [2.45, 2.75) is 4.90 Å². The molecule has 0 fully saturated rings. The molecule has 22 heavy (non-hydrogen) atoms. The number of benzene rings is 1. The molecule has 0 saturated carbocycles. The van der Waals surface area contributed by atoms with Gasteiger partial charge in [0, 0.05) is 18.1 Å². The first kappa shape index (κ1) is 15.4. The summed E-state index contributed by atoms with van der Waals surface area (Å²) < 4.78 is 27.4. The summed E-state index contributed by atoms with van der Waals surface area (Å²) in [6, 6.07) is 9.08. The predicted octanol–water partition coefficient (Wildman–Crippen LogP) is 0.291. The molecule has 0 saturated heterocycles. The lowest BCUT2D eigenvalue weighted by molar-refractivity contribution is 0.597. The van der Waals surface area contributed by atoms with Crippen LogP contribution in [-0.2, 0) is 10.0 Å². The number of hydrogen-bond acceptors (Lipinski definition) is 5. The molecule has 0 radical (unpaired) electrons. The number of rotatable bonds is 4. The van der Waals surface area contributed by atoms with Gasteiger partial charge in [-0.25, -0.2) is 5.43 Å². The molecule has 0 spiro atoms. The van der Waals surface area contributed by atoms with Gasteiger partial charge in [-0.15, -0.1) is 4.40 Å². The number of nitrogens with two attached hydrogens (primary N) is 2. The van der Waals surface area contributed by atoms with Gasteiger partial charge in [0.25, 0.3) is 10.0 Å². The van der Waals surface area contributed by atoms with Gasteiger partial charge in [0.15, 0.2) is 0 Å². The van der Waals surface area contributed by atoms with Gasteiger partial charge in [0.1, 0.15) is 0 Å². The molecule has 0 aliphatic rings. The molecule has 1 aromatic carbocycles. The first-order valence-electron chi connectivity index (χ1n) is 6.12. The minimum absolute atomic E-state index is 0.00966. The monoisotopic (exact) mass is 318 g/mol. The summed E-state index contributed by atoms with van der Waals surface area (Å²) in [5.74, 6) is -0.345. The molecule has 8 nitrogen and oxygen atoms in total. The van der Waals surface area contributed by atoms with Crippen molar-refractivity contribution in [2.24, 2.45) is 15.2 Å². The van der Waals surface area contributed by atoms with E-state index in [0.717, 1.165) is 5.56 Å². The second-order valence-corrected chi connectivity index (χ2v) is 5.78. The third kappa shape index (κ3) is 4.28. The lowest BCUT2D eigenvalue weighted by atomic mass is 10.3. The SMILES string of the molecule is NC(=NS(=O)(=O)c1ccc(N)cc1)NN=Cc1ccncc1. The van der Waals surface area contributed by atoms with Gasteiger partial charge in [-0.05, 0) is 42.0 Å². The second kappa shape index (κ2) is 6.68. The van der Waals surface area contributed by atoms with E-state index in [1.807, 2.05) is 0 Å². The summed E-state index contributed by atoms with van der Waals surface area (Å²) in [5, 5.41) is 3.79. The molecule has 1 aromatic heterocycles. The van der Waals surface area contributed by atoms with Crippen LogP contribution in [0.3, 0.4) is 0 Å². The topological polar surface area (TPSA) is 136 Å². The van der Waals surface area contributed by atoms with Crippen molar-refractivity contribution in [1.29, 1.82) is 0 Å². The zero-order chi connectivity index (χ0) is 16.0. The minimum Gasteiger partial charge on any atom is -0.399 e. The van der Waals surface area contributed by atoms with Crippen LogP contribution in [0.1, 0.15) is 5.56 Å². The van der Waals surface area contributed by atoms with Crippen molar-refractivity contribution in [1.82, 2.24) is 10.4 Å². The Morgan fingerprint density at radius 3 is 2.41 bits per heavy atom. The highest BCUT2D eigenvalue weighted by molar-refractivity contribution is 7.90. The number of anilines is 1. The van der Waals surface area contributed by atoms with Gasteiger partial charge in [0.05, 0.1) is 11.1 Å². The quantitative estimate of drug-likeness (QED) is 0.321. The number of hydrogen-bond donors (Lipinski definition) is 3. The first-order valence-corrected chi connectivity index (χ1v) is 7.56. The molecule has 0 aliphatic heterocycles. The second-order valence-electron chi connectivity index (χ2n) is 4.17. The van der Waals surface area contributed by atoms with Crippen molar-refractivity contribution < 1.29 is 8.42 Å². The van der Waals surface area contributed by atoms with Crippen LogP contribution in [0.2, 0.25) is 0 Å². The molecule has 0 unspecified atom stereocenters. The highest BCUT2D eigenvalue weighted by atomic mass is 32.2. The Hall–Kier alpha value is -2.94. The number of pyridine rings is 1. The van der Waals surface area contributed by atoms with E-state index in [2.05, 4.69) is 19.9 Å². The fraction of sp³-hybridized carbons (Fsp3) is 0. The Balaban J connectivity index is 2.08. The lowest BCUT2D eigenvalue weighted by Gasteiger charge is -2.02. The Morgan fingerprint density at radius 2 is 1.77 bits per heavy atom. The molecule has 0 atom stereocenters. The zero-order valence-corrected chi connectivity index (χ0v) is 12.2. The van der Waals surface area contributed by atoms with Crippen LogP contribution in [-0.4, -0.2) is 25.6 Å². The largest absolute Gasteiger partial charge is 0.399 e. The fourth-order valence-corrected chi connectivity index (χ4v) is 2.35. The van der Waals surface area contributed by atoms with Gasteiger partial charge in [-0.1, -0.05) is 0 Å². The highest BCUT2D eigenvalue weighted by Gasteiger charge is 2.12. The van der Waals surface area contributed by atoms with E-state index in [4.69, 9.17) is 11.5 Å². The molecule has 0 aliphatic carbocycles. The van der Waals surface area contributed by atoms with Crippen molar-refractivity contribution in [2.75, 3.05) is 5.73 Å². The summed E-state index contributed by atoms with van der Waals surface area (Å²) in [4.78, 5) is 3.85. The molecule has 0 bridgehead atoms. The predicted molar refractivity (Wildman–Crippen MR) is 84.6 cm³/mol. The maximum Gasteiger partial charge on any atom is 0.285 e. The normalized spacial score (nSPS) is 12.5. The number of nitrogen functional groups attached to an aromatic ring is 1. The van der Waals surface area contributed by atoms with Crippen LogP contribution >= 0.6 is 0 Å². The number of guanidine groups is 1. The Labute approximate surface area is 127 Å². The lowest BCUT2D eigenvalue weighted by Crippen LogP contribution is -2.28. The third-order valence-electron chi connectivity index (χ3n) is 2.50. The molecule has 2 rings (SSSR count). The van der Waals surface area contributed by atoms with Gasteiger partial charge < -0.3 is 11.5 Å². The molecule has 9 heteroatoms. The highest BCUT2D eigenvalue weighted by Crippen LogP contribution is 2.13. The van der Waals surface area contributed by atoms with Crippen LogP contribution in [0.15, 0.2) is 63.2 Å². The van der Waals surface area contributed by atoms with Crippen LogP contribution in [0.5, 0.6) is 0 Å². The van der Waals surface area contributed by atoms with E-state index < -0.39 is 10.0 Å². The van der Waals surface area contributed by atoms with Gasteiger partial charge in [-0.3, -0.25) is 4.98 Å². The number of nitrogens with one attached hydrogen (secondary N) is 1. The smallest absolute Gasteiger partial charge is 0.285 e. The van der Waals surface area contributed by atoms with E-state index >= 15 is 0 Å². The molecule has 2 aromatic rings. The Kier molecular flexibility index (Phi) is 4.69. The van der Waals surface area contributed by atoms with Gasteiger partial charge in [-0.2, -0.15) is 13.5 Å². The molecular weight excluding hydrogens is 304 g/mol. The first-order chi connectivity index (χ1) is 10.5. The van der Waals surface area contributed by atoms with Crippen LogP contribution in [0, 0.1) is 0 Å². The zero-order valence-electron chi connectivity index (χ0n) is 11.4. The van der Waals surface area contributed by atoms with Gasteiger partial charge in [0.2, 0.25) is 5.96 Å². The molecule has 0 amide bonds. The van der Waals surface area contributed by atoms with Crippen molar-refractivity contribution in [3.8, 4) is 0 Å². The maximum atomic E-state index is 12.0. The minimum atomic E-state index is -3.91. The number of sulfonamides is 1. The van der Waals surface area contributed by atoms with E-state index in [0.29, 0.717) is 5.69 Å². The van der Waals surface area contributed by atoms with Crippen LogP contribution < -0.4 is 16.9 Å². The van der Waals surface area contributed by atoms with E-state index in [1.165, 1.54) is 30.5 Å². The average molecular weight is 318 g/mol. The summed E-state index contributed by atoms with van der Waals surface area (Å²) in [5.41, 5.74) is 14.6. The Bertz CT molecular complexity index is 785. The molecular formula is C13H14N6O2S. The summed E-state index contributed by atoms with van der Waals surface area (Å²) in [6.07, 6.45) is 4.66. The van der Waals surface area contributed by atoms with Crippen LogP contribution in [0.25, 0.3) is 0 Å². The van der Waals surface area contributed by atoms with E-state index in [-0.39, 0.29) is 10.9 Å². The van der Waals surface area contributed by atoms with E-state index in [1.54, 1.807) is 24.5 Å². The maximum absolute atomic E-state index is 12.0. The van der Waals surface area contributed by atoms with Crippen LogP contribution in [0.4, 0.5) is 5.69 Å². The molecule has 114 valence electrons. The van der Waals surface area contributed by atoms with Crippen molar-refractivity contribution in [3.63, 3.8) is 0 Å². The fourth-order valence-electron chi connectivity index (χ4n) is 1.46. The molecule has 5 N–H and O–H groups in total. The summed E-state index contributed by atoms with van der Waals surface area (Å²) in [7, 11) is -3.91. The molecule has 1 heterocycles. The number of hydrazone groups is 1.